The number of rotatable bonds is 11. The Morgan fingerprint density at radius 2 is 1.79 bits per heavy atom. The Balaban J connectivity index is 1.21. The van der Waals surface area contributed by atoms with Gasteiger partial charge in [0.1, 0.15) is 11.5 Å². The van der Waals surface area contributed by atoms with E-state index in [2.05, 4.69) is 30.9 Å². The van der Waals surface area contributed by atoms with E-state index in [4.69, 9.17) is 5.73 Å². The molecule has 198 valence electrons. The summed E-state index contributed by atoms with van der Waals surface area (Å²) in [6.07, 6.45) is 1.01. The number of benzene rings is 1. The number of hydrogen-bond donors (Lipinski definition) is 4. The summed E-state index contributed by atoms with van der Waals surface area (Å²) in [6, 6.07) is 9.27. The Hall–Kier alpha value is -4.32. The minimum atomic E-state index is -4.47. The van der Waals surface area contributed by atoms with E-state index in [-0.39, 0.29) is 12.3 Å². The lowest BCUT2D eigenvalue weighted by Gasteiger charge is -2.12. The van der Waals surface area contributed by atoms with E-state index in [9.17, 15) is 22.8 Å². The summed E-state index contributed by atoms with van der Waals surface area (Å²) in [4.78, 5) is 35.9. The lowest BCUT2D eigenvalue weighted by Crippen LogP contribution is -2.29. The SMILES string of the molecule is NC(=O)c1ccc2c(c1)nc(NCCCNC(=O)CCNCc1ccc(C(F)(F)F)nc1)c1ccncc12. The van der Waals surface area contributed by atoms with Crippen LogP contribution in [0.4, 0.5) is 19.0 Å². The van der Waals surface area contributed by atoms with Crippen LogP contribution < -0.4 is 21.7 Å². The topological polar surface area (TPSA) is 135 Å². The molecule has 0 bridgehead atoms. The molecule has 4 aromatic rings. The molecular formula is C26H26F3N7O2. The van der Waals surface area contributed by atoms with Crippen LogP contribution in [0, 0.1) is 0 Å². The zero-order chi connectivity index (χ0) is 27.1. The number of nitrogens with two attached hydrogens (primary N) is 1. The van der Waals surface area contributed by atoms with Gasteiger partial charge in [-0.2, -0.15) is 13.2 Å². The molecule has 0 saturated heterocycles. The molecule has 0 radical (unpaired) electrons. The Morgan fingerprint density at radius 3 is 2.53 bits per heavy atom. The van der Waals surface area contributed by atoms with Gasteiger partial charge in [0.05, 0.1) is 5.52 Å². The summed E-state index contributed by atoms with van der Waals surface area (Å²) in [6.45, 7) is 1.68. The molecule has 0 aliphatic carbocycles. The first-order valence-electron chi connectivity index (χ1n) is 11.9. The minimum absolute atomic E-state index is 0.137. The van der Waals surface area contributed by atoms with Gasteiger partial charge in [0, 0.05) is 72.9 Å². The van der Waals surface area contributed by atoms with Crippen molar-refractivity contribution in [3.63, 3.8) is 0 Å². The number of hydrogen-bond acceptors (Lipinski definition) is 7. The number of fused-ring (bicyclic) bond motifs is 3. The third kappa shape index (κ3) is 6.71. The van der Waals surface area contributed by atoms with E-state index in [0.29, 0.717) is 55.1 Å². The van der Waals surface area contributed by atoms with Gasteiger partial charge in [-0.1, -0.05) is 12.1 Å². The molecular weight excluding hydrogens is 499 g/mol. The van der Waals surface area contributed by atoms with Gasteiger partial charge in [0.15, 0.2) is 0 Å². The number of aromatic nitrogens is 3. The number of anilines is 1. The fourth-order valence-corrected chi connectivity index (χ4v) is 3.88. The lowest BCUT2D eigenvalue weighted by atomic mass is 10.1. The minimum Gasteiger partial charge on any atom is -0.369 e. The molecule has 38 heavy (non-hydrogen) atoms. The summed E-state index contributed by atoms with van der Waals surface area (Å²) in [5.41, 5.74) is 6.06. The molecule has 3 aromatic heterocycles. The Morgan fingerprint density at radius 1 is 0.947 bits per heavy atom. The van der Waals surface area contributed by atoms with E-state index in [1.54, 1.807) is 30.6 Å². The highest BCUT2D eigenvalue weighted by atomic mass is 19.4. The average molecular weight is 526 g/mol. The Kier molecular flexibility index (Phi) is 8.31. The average Bonchev–Trinajstić information content (AvgIpc) is 2.90. The molecule has 9 nitrogen and oxygen atoms in total. The highest BCUT2D eigenvalue weighted by Crippen LogP contribution is 2.29. The number of primary amides is 1. The maximum Gasteiger partial charge on any atom is 0.433 e. The third-order valence-electron chi connectivity index (χ3n) is 5.82. The van der Waals surface area contributed by atoms with E-state index < -0.39 is 17.8 Å². The van der Waals surface area contributed by atoms with Crippen LogP contribution in [0.3, 0.4) is 0 Å². The van der Waals surface area contributed by atoms with Crippen molar-refractivity contribution in [3.8, 4) is 0 Å². The molecule has 0 aliphatic heterocycles. The second-order valence-electron chi connectivity index (χ2n) is 8.58. The number of carbonyl (C=O) groups is 2. The van der Waals surface area contributed by atoms with Gasteiger partial charge < -0.3 is 21.7 Å². The number of halogens is 3. The van der Waals surface area contributed by atoms with Crippen molar-refractivity contribution in [3.05, 3.63) is 71.8 Å². The number of nitrogens with one attached hydrogen (secondary N) is 3. The third-order valence-corrected chi connectivity index (χ3v) is 5.82. The van der Waals surface area contributed by atoms with Crippen molar-refractivity contribution in [1.82, 2.24) is 25.6 Å². The van der Waals surface area contributed by atoms with Crippen molar-refractivity contribution in [1.29, 1.82) is 0 Å². The van der Waals surface area contributed by atoms with Crippen LogP contribution in [0.5, 0.6) is 0 Å². The largest absolute Gasteiger partial charge is 0.433 e. The van der Waals surface area contributed by atoms with E-state index in [0.717, 1.165) is 22.2 Å². The standard InChI is InChI=1S/C26H26F3N7O2/c27-26(28,29)22-5-2-16(14-35-22)13-31-11-7-23(37)33-8-1-9-34-25-19-6-10-32-15-20(19)18-4-3-17(24(30)38)12-21(18)36-25/h2-6,10,12,14-15,31H,1,7-9,11,13H2,(H2,30,38)(H,33,37)(H,34,36). The van der Waals surface area contributed by atoms with Crippen molar-refractivity contribution < 1.29 is 22.8 Å². The second kappa shape index (κ2) is 11.8. The van der Waals surface area contributed by atoms with Gasteiger partial charge in [-0.05, 0) is 36.2 Å². The fourth-order valence-electron chi connectivity index (χ4n) is 3.88. The van der Waals surface area contributed by atoms with Gasteiger partial charge in [-0.25, -0.2) is 4.98 Å². The number of alkyl halides is 3. The van der Waals surface area contributed by atoms with Crippen LogP contribution >= 0.6 is 0 Å². The summed E-state index contributed by atoms with van der Waals surface area (Å²) in [5, 5.41) is 11.8. The van der Waals surface area contributed by atoms with E-state index in [1.165, 1.54) is 12.3 Å². The summed E-state index contributed by atoms with van der Waals surface area (Å²) in [7, 11) is 0. The molecule has 4 rings (SSSR count). The van der Waals surface area contributed by atoms with Crippen molar-refractivity contribution >= 4 is 39.3 Å². The first-order valence-corrected chi connectivity index (χ1v) is 11.9. The smallest absolute Gasteiger partial charge is 0.369 e. The summed E-state index contributed by atoms with van der Waals surface area (Å²) in [5.74, 6) is -0.0239. The van der Waals surface area contributed by atoms with Gasteiger partial charge in [0.2, 0.25) is 11.8 Å². The molecule has 3 heterocycles. The molecule has 0 saturated carbocycles. The lowest BCUT2D eigenvalue weighted by molar-refractivity contribution is -0.141. The van der Waals surface area contributed by atoms with Gasteiger partial charge in [-0.3, -0.25) is 19.6 Å². The molecule has 0 unspecified atom stereocenters. The zero-order valence-corrected chi connectivity index (χ0v) is 20.3. The fraction of sp³-hybridized carbons (Fsp3) is 0.269. The zero-order valence-electron chi connectivity index (χ0n) is 20.3. The van der Waals surface area contributed by atoms with Gasteiger partial charge in [0.25, 0.3) is 0 Å². The van der Waals surface area contributed by atoms with Crippen LogP contribution in [0.15, 0.2) is 55.0 Å². The monoisotopic (exact) mass is 525 g/mol. The highest BCUT2D eigenvalue weighted by Gasteiger charge is 2.31. The van der Waals surface area contributed by atoms with Crippen LogP contribution in [-0.2, 0) is 17.5 Å². The first kappa shape index (κ1) is 26.7. The predicted molar refractivity (Wildman–Crippen MR) is 137 cm³/mol. The van der Waals surface area contributed by atoms with Crippen molar-refractivity contribution in [2.45, 2.75) is 25.6 Å². The normalized spacial score (nSPS) is 11.6. The molecule has 0 spiro atoms. The quantitative estimate of drug-likeness (QED) is 0.174. The predicted octanol–water partition coefficient (Wildman–Crippen LogP) is 3.39. The maximum absolute atomic E-state index is 12.6. The molecule has 5 N–H and O–H groups in total. The van der Waals surface area contributed by atoms with Crippen LogP contribution in [-0.4, -0.2) is 46.4 Å². The Bertz CT molecular complexity index is 1440. The molecule has 1 aromatic carbocycles. The second-order valence-corrected chi connectivity index (χ2v) is 8.58. The molecule has 0 fully saturated rings. The molecule has 0 aliphatic rings. The summed E-state index contributed by atoms with van der Waals surface area (Å²) < 4.78 is 37.7. The number of pyridine rings is 3. The highest BCUT2D eigenvalue weighted by molar-refractivity contribution is 6.11. The number of carbonyl (C=O) groups excluding carboxylic acids is 2. The van der Waals surface area contributed by atoms with Crippen LogP contribution in [0.1, 0.15) is 34.5 Å². The van der Waals surface area contributed by atoms with E-state index in [1.807, 2.05) is 6.07 Å². The summed E-state index contributed by atoms with van der Waals surface area (Å²) >= 11 is 0. The first-order chi connectivity index (χ1) is 18.2. The Labute approximate surface area is 216 Å². The molecule has 0 atom stereocenters. The number of amides is 2. The van der Waals surface area contributed by atoms with Crippen molar-refractivity contribution in [2.75, 3.05) is 25.0 Å². The van der Waals surface area contributed by atoms with Gasteiger partial charge >= 0.3 is 6.18 Å². The van der Waals surface area contributed by atoms with Crippen molar-refractivity contribution in [2.24, 2.45) is 5.73 Å². The van der Waals surface area contributed by atoms with E-state index >= 15 is 0 Å². The number of nitrogens with zero attached hydrogens (tertiary/aromatic N) is 3. The molecule has 12 heteroatoms. The van der Waals surface area contributed by atoms with Crippen LogP contribution in [0.2, 0.25) is 0 Å². The molecule has 2 amide bonds. The maximum atomic E-state index is 12.6. The van der Waals surface area contributed by atoms with Crippen LogP contribution in [0.25, 0.3) is 21.7 Å². The van der Waals surface area contributed by atoms with Gasteiger partial charge in [-0.15, -0.1) is 0 Å².